The Hall–Kier alpha value is -1.36. The van der Waals surface area contributed by atoms with Gasteiger partial charge in [0.1, 0.15) is 5.60 Å². The van der Waals surface area contributed by atoms with Crippen molar-refractivity contribution in [2.24, 2.45) is 0 Å². The van der Waals surface area contributed by atoms with E-state index in [4.69, 9.17) is 4.74 Å². The fraction of sp³-hybridized carbons (Fsp3) is 0.529. The first-order valence-corrected chi connectivity index (χ1v) is 8.34. The van der Waals surface area contributed by atoms with Gasteiger partial charge >= 0.3 is 6.09 Å². The molecule has 1 aromatic carbocycles. The Bertz CT molecular complexity index is 565. The lowest BCUT2D eigenvalue weighted by Gasteiger charge is -2.28. The smallest absolute Gasteiger partial charge is 0.410 e. The van der Waals surface area contributed by atoms with Gasteiger partial charge in [-0.3, -0.25) is 4.79 Å². The maximum absolute atomic E-state index is 12.4. The molecule has 1 fully saturated rings. The van der Waals surface area contributed by atoms with Crippen LogP contribution in [0.5, 0.6) is 0 Å². The van der Waals surface area contributed by atoms with Crippen molar-refractivity contribution in [3.8, 4) is 0 Å². The molecule has 0 N–H and O–H groups in total. The van der Waals surface area contributed by atoms with Crippen molar-refractivity contribution in [2.45, 2.75) is 51.7 Å². The molecule has 0 aliphatic carbocycles. The van der Waals surface area contributed by atoms with E-state index in [0.29, 0.717) is 18.5 Å². The zero-order chi connectivity index (χ0) is 16.3. The zero-order valence-corrected chi connectivity index (χ0v) is 14.9. The molecule has 120 valence electrons. The van der Waals surface area contributed by atoms with Crippen LogP contribution in [-0.4, -0.2) is 35.0 Å². The maximum atomic E-state index is 12.4. The average molecular weight is 368 g/mol. The molecule has 1 atom stereocenters. The average Bonchev–Trinajstić information content (AvgIpc) is 2.85. The van der Waals surface area contributed by atoms with Gasteiger partial charge in [-0.15, -0.1) is 0 Å². The highest BCUT2D eigenvalue weighted by atomic mass is 79.9. The molecule has 1 aliphatic heterocycles. The Kier molecular flexibility index (Phi) is 5.27. The molecule has 4 nitrogen and oxygen atoms in total. The molecular formula is C17H22BrNO3. The molecule has 1 heterocycles. The summed E-state index contributed by atoms with van der Waals surface area (Å²) in [5, 5.41) is 0. The lowest BCUT2D eigenvalue weighted by molar-refractivity contribution is 0.0223. The van der Waals surface area contributed by atoms with Gasteiger partial charge in [-0.2, -0.15) is 0 Å². The number of benzene rings is 1. The monoisotopic (exact) mass is 367 g/mol. The molecule has 2 rings (SSSR count). The molecule has 0 saturated carbocycles. The second-order valence-electron chi connectivity index (χ2n) is 6.61. The Balaban J connectivity index is 2.02. The van der Waals surface area contributed by atoms with E-state index in [1.54, 1.807) is 11.0 Å². The summed E-state index contributed by atoms with van der Waals surface area (Å²) in [6, 6.07) is 7.28. The van der Waals surface area contributed by atoms with Gasteiger partial charge in [0.25, 0.3) is 0 Å². The third-order valence-electron chi connectivity index (χ3n) is 3.57. The Morgan fingerprint density at radius 1 is 1.36 bits per heavy atom. The molecule has 1 saturated heterocycles. The van der Waals surface area contributed by atoms with Crippen LogP contribution in [0.25, 0.3) is 0 Å². The highest BCUT2D eigenvalue weighted by Crippen LogP contribution is 2.25. The largest absolute Gasteiger partial charge is 0.444 e. The number of ether oxygens (including phenoxy) is 1. The number of rotatable bonds is 3. The number of carbonyl (C=O) groups is 2. The van der Waals surface area contributed by atoms with E-state index in [1.807, 2.05) is 39.0 Å². The molecular weight excluding hydrogens is 346 g/mol. The van der Waals surface area contributed by atoms with Crippen LogP contribution in [0, 0.1) is 0 Å². The van der Waals surface area contributed by atoms with Crippen molar-refractivity contribution in [3.05, 3.63) is 34.3 Å². The summed E-state index contributed by atoms with van der Waals surface area (Å²) in [7, 11) is 0. The van der Waals surface area contributed by atoms with E-state index in [9.17, 15) is 9.59 Å². The highest BCUT2D eigenvalue weighted by molar-refractivity contribution is 9.10. The summed E-state index contributed by atoms with van der Waals surface area (Å²) in [4.78, 5) is 26.3. The van der Waals surface area contributed by atoms with Gasteiger partial charge < -0.3 is 9.64 Å². The van der Waals surface area contributed by atoms with Crippen LogP contribution in [0.4, 0.5) is 4.79 Å². The van der Waals surface area contributed by atoms with E-state index in [0.717, 1.165) is 17.3 Å². The number of likely N-dealkylation sites (tertiary alicyclic amines) is 1. The number of hydrogen-bond acceptors (Lipinski definition) is 3. The van der Waals surface area contributed by atoms with E-state index < -0.39 is 5.60 Å². The number of hydrogen-bond donors (Lipinski definition) is 0. The first-order valence-electron chi connectivity index (χ1n) is 7.54. The van der Waals surface area contributed by atoms with Crippen LogP contribution in [0.2, 0.25) is 0 Å². The van der Waals surface area contributed by atoms with E-state index in [2.05, 4.69) is 15.9 Å². The van der Waals surface area contributed by atoms with Crippen LogP contribution in [-0.2, 0) is 4.74 Å². The van der Waals surface area contributed by atoms with Crippen molar-refractivity contribution in [3.63, 3.8) is 0 Å². The fourth-order valence-electron chi connectivity index (χ4n) is 2.60. The minimum absolute atomic E-state index is 0.0572. The van der Waals surface area contributed by atoms with Crippen molar-refractivity contribution in [2.75, 3.05) is 6.54 Å². The number of Topliss-reactive ketones (excluding diaryl/α,β-unsaturated/α-hetero) is 1. The van der Waals surface area contributed by atoms with Crippen LogP contribution in [0.1, 0.15) is 50.4 Å². The predicted octanol–water partition coefficient (Wildman–Crippen LogP) is 4.42. The first-order chi connectivity index (χ1) is 10.3. The maximum Gasteiger partial charge on any atom is 0.410 e. The number of nitrogens with zero attached hydrogens (tertiary/aromatic N) is 1. The summed E-state index contributed by atoms with van der Waals surface area (Å²) < 4.78 is 6.31. The molecule has 0 aromatic heterocycles. The number of amides is 1. The molecule has 1 aromatic rings. The normalized spacial score (nSPS) is 18.4. The molecule has 22 heavy (non-hydrogen) atoms. The topological polar surface area (TPSA) is 46.6 Å². The zero-order valence-electron chi connectivity index (χ0n) is 13.3. The lowest BCUT2D eigenvalue weighted by atomic mass is 10.0. The van der Waals surface area contributed by atoms with Crippen molar-refractivity contribution in [1.82, 2.24) is 4.90 Å². The number of carbonyl (C=O) groups excluding carboxylic acids is 2. The van der Waals surface area contributed by atoms with E-state index in [-0.39, 0.29) is 17.9 Å². The summed E-state index contributed by atoms with van der Waals surface area (Å²) in [5.74, 6) is 0.0572. The quantitative estimate of drug-likeness (QED) is 0.742. The van der Waals surface area contributed by atoms with Gasteiger partial charge in [0, 0.05) is 29.0 Å². The summed E-state index contributed by atoms with van der Waals surface area (Å²) in [6.07, 6.45) is 1.78. The predicted molar refractivity (Wildman–Crippen MR) is 89.1 cm³/mol. The number of ketones is 1. The van der Waals surface area contributed by atoms with Gasteiger partial charge in [-0.25, -0.2) is 4.79 Å². The third-order valence-corrected chi connectivity index (χ3v) is 4.07. The molecule has 0 bridgehead atoms. The Morgan fingerprint density at radius 2 is 2.09 bits per heavy atom. The van der Waals surface area contributed by atoms with Crippen molar-refractivity contribution < 1.29 is 14.3 Å². The molecule has 0 radical (unpaired) electrons. The van der Waals surface area contributed by atoms with Gasteiger partial charge in [-0.1, -0.05) is 28.1 Å². The van der Waals surface area contributed by atoms with Crippen LogP contribution >= 0.6 is 15.9 Å². The van der Waals surface area contributed by atoms with Crippen LogP contribution in [0.15, 0.2) is 28.7 Å². The second kappa shape index (κ2) is 6.82. The Morgan fingerprint density at radius 3 is 2.73 bits per heavy atom. The number of halogens is 1. The molecule has 1 amide bonds. The highest BCUT2D eigenvalue weighted by Gasteiger charge is 2.33. The minimum Gasteiger partial charge on any atom is -0.444 e. The first kappa shape index (κ1) is 17.0. The molecule has 1 unspecified atom stereocenters. The Labute approximate surface area is 140 Å². The molecule has 1 aliphatic rings. The van der Waals surface area contributed by atoms with Gasteiger partial charge in [0.05, 0.1) is 0 Å². The molecule has 5 heteroatoms. The van der Waals surface area contributed by atoms with Crippen molar-refractivity contribution >= 4 is 27.8 Å². The third kappa shape index (κ3) is 4.57. The fourth-order valence-corrected chi connectivity index (χ4v) is 3.00. The molecule has 0 spiro atoms. The SMILES string of the molecule is CC(C)(C)OC(=O)N1CCCC1CC(=O)c1cccc(Br)c1. The standard InChI is InChI=1S/C17H22BrNO3/c1-17(2,3)22-16(21)19-9-5-8-14(19)11-15(20)12-6-4-7-13(18)10-12/h4,6-7,10,14H,5,8-9,11H2,1-3H3. The van der Waals surface area contributed by atoms with Crippen LogP contribution < -0.4 is 0 Å². The van der Waals surface area contributed by atoms with E-state index in [1.165, 1.54) is 0 Å². The van der Waals surface area contributed by atoms with E-state index >= 15 is 0 Å². The van der Waals surface area contributed by atoms with Crippen LogP contribution in [0.3, 0.4) is 0 Å². The summed E-state index contributed by atoms with van der Waals surface area (Å²) in [5.41, 5.74) is 0.156. The lowest BCUT2D eigenvalue weighted by Crippen LogP contribution is -2.40. The minimum atomic E-state index is -0.515. The second-order valence-corrected chi connectivity index (χ2v) is 7.52. The summed E-state index contributed by atoms with van der Waals surface area (Å²) >= 11 is 3.37. The van der Waals surface area contributed by atoms with Gasteiger partial charge in [-0.05, 0) is 45.7 Å². The van der Waals surface area contributed by atoms with Gasteiger partial charge in [0.2, 0.25) is 0 Å². The van der Waals surface area contributed by atoms with Crippen molar-refractivity contribution in [1.29, 1.82) is 0 Å². The van der Waals surface area contributed by atoms with Gasteiger partial charge in [0.15, 0.2) is 5.78 Å². The summed E-state index contributed by atoms with van der Waals surface area (Å²) in [6.45, 7) is 6.21.